The fourth-order valence-electron chi connectivity index (χ4n) is 2.46. The van der Waals surface area contributed by atoms with Crippen molar-refractivity contribution in [3.63, 3.8) is 0 Å². The van der Waals surface area contributed by atoms with Gasteiger partial charge in [-0.25, -0.2) is 0 Å². The zero-order chi connectivity index (χ0) is 13.8. The molecule has 102 valence electrons. The van der Waals surface area contributed by atoms with Crippen molar-refractivity contribution in [2.24, 2.45) is 11.7 Å². The van der Waals surface area contributed by atoms with Crippen molar-refractivity contribution in [3.05, 3.63) is 47.7 Å². The minimum atomic E-state index is 0.107. The lowest BCUT2D eigenvalue weighted by Gasteiger charge is -2.26. The van der Waals surface area contributed by atoms with Gasteiger partial charge in [0.05, 0.1) is 0 Å². The van der Waals surface area contributed by atoms with E-state index in [2.05, 4.69) is 13.0 Å². The molecule has 19 heavy (non-hydrogen) atoms. The summed E-state index contributed by atoms with van der Waals surface area (Å²) in [7, 11) is 0. The maximum Gasteiger partial charge on any atom is 0.128 e. The average molecular weight is 258 g/mol. The number of hydrogen-bond donors (Lipinski definition) is 2. The summed E-state index contributed by atoms with van der Waals surface area (Å²) >= 11 is 0. The SMILES string of the molecule is CCC1CC(Oc2cccc(N)c2)=CC=C1C(C)N. The molecule has 0 bridgehead atoms. The molecule has 1 aromatic carbocycles. The van der Waals surface area contributed by atoms with Crippen LogP contribution in [0.25, 0.3) is 0 Å². The molecule has 0 heterocycles. The molecule has 1 aromatic rings. The molecule has 0 amide bonds. The third kappa shape index (κ3) is 3.38. The summed E-state index contributed by atoms with van der Waals surface area (Å²) in [6.45, 7) is 4.22. The summed E-state index contributed by atoms with van der Waals surface area (Å²) in [4.78, 5) is 0. The van der Waals surface area contributed by atoms with Gasteiger partial charge < -0.3 is 16.2 Å². The van der Waals surface area contributed by atoms with Gasteiger partial charge in [0.1, 0.15) is 11.5 Å². The van der Waals surface area contributed by atoms with Crippen molar-refractivity contribution < 1.29 is 4.74 Å². The van der Waals surface area contributed by atoms with E-state index in [1.165, 1.54) is 5.57 Å². The van der Waals surface area contributed by atoms with Gasteiger partial charge in [0, 0.05) is 24.2 Å². The molecular formula is C16H22N2O. The molecule has 0 saturated heterocycles. The van der Waals surface area contributed by atoms with E-state index in [1.807, 2.05) is 37.3 Å². The molecule has 2 rings (SSSR count). The van der Waals surface area contributed by atoms with Gasteiger partial charge in [-0.1, -0.05) is 24.6 Å². The maximum atomic E-state index is 6.00. The van der Waals surface area contributed by atoms with E-state index in [9.17, 15) is 0 Å². The summed E-state index contributed by atoms with van der Waals surface area (Å²) in [6.07, 6.45) is 6.10. The summed E-state index contributed by atoms with van der Waals surface area (Å²) in [5.74, 6) is 2.24. The smallest absolute Gasteiger partial charge is 0.128 e. The Balaban J connectivity index is 2.14. The summed E-state index contributed by atoms with van der Waals surface area (Å²) in [6, 6.07) is 7.62. The number of allylic oxidation sites excluding steroid dienone is 3. The van der Waals surface area contributed by atoms with Crippen molar-refractivity contribution in [1.29, 1.82) is 0 Å². The molecule has 0 saturated carbocycles. The lowest BCUT2D eigenvalue weighted by atomic mass is 9.85. The number of hydrogen-bond acceptors (Lipinski definition) is 3. The topological polar surface area (TPSA) is 61.3 Å². The highest BCUT2D eigenvalue weighted by atomic mass is 16.5. The van der Waals surface area contributed by atoms with Gasteiger partial charge >= 0.3 is 0 Å². The molecule has 4 N–H and O–H groups in total. The van der Waals surface area contributed by atoms with E-state index >= 15 is 0 Å². The Morgan fingerprint density at radius 3 is 2.79 bits per heavy atom. The van der Waals surface area contributed by atoms with E-state index in [1.54, 1.807) is 0 Å². The van der Waals surface area contributed by atoms with Gasteiger partial charge in [-0.15, -0.1) is 0 Å². The first kappa shape index (κ1) is 13.7. The van der Waals surface area contributed by atoms with Crippen LogP contribution in [0.1, 0.15) is 26.7 Å². The maximum absolute atomic E-state index is 6.00. The molecule has 0 radical (unpaired) electrons. The van der Waals surface area contributed by atoms with Crippen LogP contribution in [-0.2, 0) is 0 Å². The van der Waals surface area contributed by atoms with Crippen molar-refractivity contribution in [3.8, 4) is 5.75 Å². The Labute approximate surface area is 114 Å². The number of ether oxygens (including phenoxy) is 1. The van der Waals surface area contributed by atoms with Crippen LogP contribution < -0.4 is 16.2 Å². The van der Waals surface area contributed by atoms with Crippen molar-refractivity contribution in [2.75, 3.05) is 5.73 Å². The highest BCUT2D eigenvalue weighted by Gasteiger charge is 2.21. The summed E-state index contributed by atoms with van der Waals surface area (Å²) < 4.78 is 5.89. The van der Waals surface area contributed by atoms with Crippen LogP contribution in [-0.4, -0.2) is 6.04 Å². The lowest BCUT2D eigenvalue weighted by Crippen LogP contribution is -2.25. The largest absolute Gasteiger partial charge is 0.462 e. The first-order valence-electron chi connectivity index (χ1n) is 6.79. The lowest BCUT2D eigenvalue weighted by molar-refractivity contribution is 0.366. The molecule has 3 nitrogen and oxygen atoms in total. The molecule has 2 atom stereocenters. The zero-order valence-corrected chi connectivity index (χ0v) is 11.6. The van der Waals surface area contributed by atoms with Crippen molar-refractivity contribution in [1.82, 2.24) is 0 Å². The first-order valence-corrected chi connectivity index (χ1v) is 6.79. The predicted octanol–water partition coefficient (Wildman–Crippen LogP) is 3.24. The third-order valence-corrected chi connectivity index (χ3v) is 3.51. The normalized spacial score (nSPS) is 20.5. The van der Waals surface area contributed by atoms with Crippen molar-refractivity contribution in [2.45, 2.75) is 32.7 Å². The Kier molecular flexibility index (Phi) is 4.27. The molecular weight excluding hydrogens is 236 g/mol. The van der Waals surface area contributed by atoms with Gasteiger partial charge in [0.25, 0.3) is 0 Å². The second-order valence-corrected chi connectivity index (χ2v) is 5.07. The highest BCUT2D eigenvalue weighted by Crippen LogP contribution is 2.31. The van der Waals surface area contributed by atoms with Crippen LogP contribution >= 0.6 is 0 Å². The average Bonchev–Trinajstić information content (AvgIpc) is 2.38. The standard InChI is InChI=1S/C16H22N2O/c1-3-12-9-15(7-8-16(12)11(2)17)19-14-6-4-5-13(18)10-14/h4-8,10-12H,3,9,17-18H2,1-2H3. The van der Waals surface area contributed by atoms with E-state index in [0.29, 0.717) is 11.6 Å². The second-order valence-electron chi connectivity index (χ2n) is 5.07. The van der Waals surface area contributed by atoms with Gasteiger partial charge in [0.15, 0.2) is 0 Å². The third-order valence-electron chi connectivity index (χ3n) is 3.51. The van der Waals surface area contributed by atoms with E-state index in [0.717, 1.165) is 24.4 Å². The second kappa shape index (κ2) is 5.93. The number of nitrogen functional groups attached to an aromatic ring is 1. The van der Waals surface area contributed by atoms with Gasteiger partial charge in [-0.3, -0.25) is 0 Å². The fourth-order valence-corrected chi connectivity index (χ4v) is 2.46. The minimum absolute atomic E-state index is 0.107. The van der Waals surface area contributed by atoms with Crippen LogP contribution in [0, 0.1) is 5.92 Å². The van der Waals surface area contributed by atoms with Gasteiger partial charge in [-0.2, -0.15) is 0 Å². The fraction of sp³-hybridized carbons (Fsp3) is 0.375. The van der Waals surface area contributed by atoms with Gasteiger partial charge in [0.2, 0.25) is 0 Å². The summed E-state index contributed by atoms with van der Waals surface area (Å²) in [5, 5.41) is 0. The Bertz CT molecular complexity index is 503. The van der Waals surface area contributed by atoms with E-state index in [4.69, 9.17) is 16.2 Å². The molecule has 3 heteroatoms. The first-order chi connectivity index (χ1) is 9.10. The molecule has 0 aliphatic heterocycles. The Hall–Kier alpha value is -1.74. The monoisotopic (exact) mass is 258 g/mol. The zero-order valence-electron chi connectivity index (χ0n) is 11.6. The van der Waals surface area contributed by atoms with Crippen LogP contribution in [0.3, 0.4) is 0 Å². The molecule has 0 spiro atoms. The number of rotatable bonds is 4. The van der Waals surface area contributed by atoms with Crippen LogP contribution in [0.4, 0.5) is 5.69 Å². The van der Waals surface area contributed by atoms with Crippen LogP contribution in [0.2, 0.25) is 0 Å². The Morgan fingerprint density at radius 2 is 2.16 bits per heavy atom. The minimum Gasteiger partial charge on any atom is -0.462 e. The van der Waals surface area contributed by atoms with Crippen molar-refractivity contribution >= 4 is 5.69 Å². The number of benzene rings is 1. The highest BCUT2D eigenvalue weighted by molar-refractivity contribution is 5.44. The van der Waals surface area contributed by atoms with E-state index in [-0.39, 0.29) is 6.04 Å². The molecule has 1 aliphatic carbocycles. The number of nitrogens with two attached hydrogens (primary N) is 2. The van der Waals surface area contributed by atoms with Crippen LogP contribution in [0.15, 0.2) is 47.7 Å². The van der Waals surface area contributed by atoms with Gasteiger partial charge in [-0.05, 0) is 37.5 Å². The number of anilines is 1. The molecule has 0 fully saturated rings. The Morgan fingerprint density at radius 1 is 1.37 bits per heavy atom. The van der Waals surface area contributed by atoms with E-state index < -0.39 is 0 Å². The molecule has 2 unspecified atom stereocenters. The molecule has 0 aromatic heterocycles. The quantitative estimate of drug-likeness (QED) is 0.815. The molecule has 1 aliphatic rings. The predicted molar refractivity (Wildman–Crippen MR) is 79.7 cm³/mol. The van der Waals surface area contributed by atoms with Crippen LogP contribution in [0.5, 0.6) is 5.75 Å². The summed E-state index contributed by atoms with van der Waals surface area (Å²) in [5.41, 5.74) is 13.8.